The van der Waals surface area contributed by atoms with Gasteiger partial charge in [-0.1, -0.05) is 13.3 Å². The Morgan fingerprint density at radius 2 is 1.83 bits per heavy atom. The van der Waals surface area contributed by atoms with Crippen molar-refractivity contribution in [2.75, 3.05) is 32.7 Å². The van der Waals surface area contributed by atoms with Crippen molar-refractivity contribution in [1.82, 2.24) is 19.8 Å². The Balaban J connectivity index is 1.32. The number of aryl methyl sites for hydroxylation is 1. The maximum absolute atomic E-state index is 4.46. The third-order valence-corrected chi connectivity index (χ3v) is 6.48. The monoisotopic (exact) mass is 328 g/mol. The van der Waals surface area contributed by atoms with Crippen LogP contribution in [0.4, 0.5) is 0 Å². The summed E-state index contributed by atoms with van der Waals surface area (Å²) >= 11 is 0. The van der Waals surface area contributed by atoms with Gasteiger partial charge in [-0.2, -0.15) is 0 Å². The summed E-state index contributed by atoms with van der Waals surface area (Å²) in [6.45, 7) is 9.69. The molecule has 1 spiro atoms. The molecule has 132 valence electrons. The van der Waals surface area contributed by atoms with Crippen LogP contribution < -0.4 is 0 Å². The van der Waals surface area contributed by atoms with E-state index < -0.39 is 0 Å². The molecular formula is C20H32N4. The summed E-state index contributed by atoms with van der Waals surface area (Å²) in [7, 11) is 0. The van der Waals surface area contributed by atoms with Crippen LogP contribution in [0, 0.1) is 11.3 Å². The molecule has 3 aliphatic rings. The predicted octanol–water partition coefficient (Wildman–Crippen LogP) is 3.13. The highest BCUT2D eigenvalue weighted by Gasteiger charge is 2.41. The van der Waals surface area contributed by atoms with Gasteiger partial charge in [-0.15, -0.1) is 0 Å². The molecule has 24 heavy (non-hydrogen) atoms. The molecule has 4 nitrogen and oxygen atoms in total. The molecular weight excluding hydrogens is 296 g/mol. The molecule has 4 heteroatoms. The molecule has 2 saturated heterocycles. The molecule has 0 aromatic carbocycles. The molecule has 0 amide bonds. The van der Waals surface area contributed by atoms with Crippen LogP contribution >= 0.6 is 0 Å². The van der Waals surface area contributed by atoms with E-state index in [-0.39, 0.29) is 0 Å². The quantitative estimate of drug-likeness (QED) is 0.831. The number of likely N-dealkylation sites (tertiary alicyclic amines) is 2. The molecule has 3 fully saturated rings. The van der Waals surface area contributed by atoms with Gasteiger partial charge in [0.2, 0.25) is 0 Å². The second-order valence-electron chi connectivity index (χ2n) is 8.46. The Hall–Kier alpha value is -1.00. The first-order valence-corrected chi connectivity index (χ1v) is 9.99. The van der Waals surface area contributed by atoms with Gasteiger partial charge in [0.1, 0.15) is 5.82 Å². The first-order chi connectivity index (χ1) is 11.7. The second kappa shape index (κ2) is 7.09. The van der Waals surface area contributed by atoms with Crippen molar-refractivity contribution in [2.24, 2.45) is 11.3 Å². The standard InChI is InChI=1S/C20H32N4/c1-2-19-21-11-18(12-22-19)14-24-10-8-20(16-24)7-4-9-23(15-20)13-17-5-3-6-17/h11-12,17H,2-10,13-16H2,1H3/t20-/m0/s1. The summed E-state index contributed by atoms with van der Waals surface area (Å²) in [5.74, 6) is 1.96. The second-order valence-corrected chi connectivity index (χ2v) is 8.46. The van der Waals surface area contributed by atoms with Crippen LogP contribution in [0.15, 0.2) is 12.4 Å². The molecule has 0 unspecified atom stereocenters. The smallest absolute Gasteiger partial charge is 0.127 e. The van der Waals surface area contributed by atoms with Gasteiger partial charge in [-0.05, 0) is 56.5 Å². The molecule has 4 rings (SSSR count). The molecule has 1 atom stereocenters. The van der Waals surface area contributed by atoms with Crippen molar-refractivity contribution < 1.29 is 0 Å². The zero-order valence-electron chi connectivity index (χ0n) is 15.2. The van der Waals surface area contributed by atoms with Crippen molar-refractivity contribution in [1.29, 1.82) is 0 Å². The number of aromatic nitrogens is 2. The van der Waals surface area contributed by atoms with Gasteiger partial charge in [-0.25, -0.2) is 9.97 Å². The molecule has 1 saturated carbocycles. The van der Waals surface area contributed by atoms with Crippen LogP contribution in [0.2, 0.25) is 0 Å². The fourth-order valence-electron chi connectivity index (χ4n) is 4.91. The van der Waals surface area contributed by atoms with E-state index in [1.54, 1.807) is 0 Å². The van der Waals surface area contributed by atoms with E-state index in [4.69, 9.17) is 0 Å². The number of rotatable bonds is 5. The van der Waals surface area contributed by atoms with Crippen molar-refractivity contribution in [3.63, 3.8) is 0 Å². The van der Waals surface area contributed by atoms with Crippen LogP contribution in [-0.2, 0) is 13.0 Å². The van der Waals surface area contributed by atoms with E-state index in [9.17, 15) is 0 Å². The van der Waals surface area contributed by atoms with Crippen molar-refractivity contribution in [2.45, 2.75) is 58.4 Å². The van der Waals surface area contributed by atoms with E-state index in [1.165, 1.54) is 76.8 Å². The number of nitrogens with zero attached hydrogens (tertiary/aromatic N) is 4. The third kappa shape index (κ3) is 3.65. The summed E-state index contributed by atoms with van der Waals surface area (Å²) in [4.78, 5) is 14.3. The van der Waals surface area contributed by atoms with Gasteiger partial charge < -0.3 is 4.90 Å². The molecule has 3 heterocycles. The largest absolute Gasteiger partial charge is 0.302 e. The zero-order chi connectivity index (χ0) is 16.4. The number of hydrogen-bond donors (Lipinski definition) is 0. The first kappa shape index (κ1) is 16.5. The minimum atomic E-state index is 0.562. The Kier molecular flexibility index (Phi) is 4.86. The van der Waals surface area contributed by atoms with Gasteiger partial charge in [0.05, 0.1) is 0 Å². The lowest BCUT2D eigenvalue weighted by Gasteiger charge is -2.43. The lowest BCUT2D eigenvalue weighted by molar-refractivity contribution is 0.0668. The van der Waals surface area contributed by atoms with Gasteiger partial charge in [0.15, 0.2) is 0 Å². The van der Waals surface area contributed by atoms with Crippen molar-refractivity contribution in [3.8, 4) is 0 Å². The molecule has 2 aliphatic heterocycles. The number of piperidine rings is 1. The highest BCUT2D eigenvalue weighted by atomic mass is 15.2. The van der Waals surface area contributed by atoms with E-state index in [1.807, 2.05) is 12.4 Å². The minimum absolute atomic E-state index is 0.562. The Morgan fingerprint density at radius 1 is 1.04 bits per heavy atom. The molecule has 0 N–H and O–H groups in total. The van der Waals surface area contributed by atoms with Gasteiger partial charge in [0, 0.05) is 50.6 Å². The van der Waals surface area contributed by atoms with E-state index >= 15 is 0 Å². The molecule has 1 aromatic rings. The SMILES string of the molecule is CCc1ncc(CN2CC[C@]3(CCCN(CC4CCC4)C3)C2)cn1. The maximum Gasteiger partial charge on any atom is 0.127 e. The Labute approximate surface area is 146 Å². The zero-order valence-corrected chi connectivity index (χ0v) is 15.2. The fourth-order valence-corrected chi connectivity index (χ4v) is 4.91. The maximum atomic E-state index is 4.46. The third-order valence-electron chi connectivity index (χ3n) is 6.48. The van der Waals surface area contributed by atoms with Gasteiger partial charge in [0.25, 0.3) is 0 Å². The molecule has 0 bridgehead atoms. The van der Waals surface area contributed by atoms with E-state index in [0.717, 1.165) is 24.7 Å². The van der Waals surface area contributed by atoms with Crippen LogP contribution in [0.1, 0.15) is 56.8 Å². The van der Waals surface area contributed by atoms with Gasteiger partial charge in [-0.3, -0.25) is 4.90 Å². The molecule has 1 aromatic heterocycles. The number of hydrogen-bond acceptors (Lipinski definition) is 4. The van der Waals surface area contributed by atoms with E-state index in [0.29, 0.717) is 5.41 Å². The average molecular weight is 329 g/mol. The Bertz CT molecular complexity index is 539. The topological polar surface area (TPSA) is 32.3 Å². The highest BCUT2D eigenvalue weighted by Crippen LogP contribution is 2.40. The summed E-state index contributed by atoms with van der Waals surface area (Å²) < 4.78 is 0. The summed E-state index contributed by atoms with van der Waals surface area (Å²) in [5, 5.41) is 0. The summed E-state index contributed by atoms with van der Waals surface area (Å²) in [5.41, 5.74) is 1.83. The Morgan fingerprint density at radius 3 is 2.54 bits per heavy atom. The summed E-state index contributed by atoms with van der Waals surface area (Å²) in [6, 6.07) is 0. The normalized spacial score (nSPS) is 29.2. The fraction of sp³-hybridized carbons (Fsp3) is 0.800. The highest BCUT2D eigenvalue weighted by molar-refractivity contribution is 5.07. The van der Waals surface area contributed by atoms with Crippen molar-refractivity contribution in [3.05, 3.63) is 23.8 Å². The van der Waals surface area contributed by atoms with Crippen LogP contribution in [0.25, 0.3) is 0 Å². The minimum Gasteiger partial charge on any atom is -0.302 e. The lowest BCUT2D eigenvalue weighted by Crippen LogP contribution is -2.47. The van der Waals surface area contributed by atoms with Crippen molar-refractivity contribution >= 4 is 0 Å². The van der Waals surface area contributed by atoms with Crippen LogP contribution in [0.5, 0.6) is 0 Å². The molecule has 1 aliphatic carbocycles. The van der Waals surface area contributed by atoms with Crippen LogP contribution in [0.3, 0.4) is 0 Å². The summed E-state index contributed by atoms with van der Waals surface area (Å²) in [6.07, 6.45) is 13.6. The predicted molar refractivity (Wildman–Crippen MR) is 96.8 cm³/mol. The van der Waals surface area contributed by atoms with E-state index in [2.05, 4.69) is 26.7 Å². The average Bonchev–Trinajstić information content (AvgIpc) is 2.94. The lowest BCUT2D eigenvalue weighted by atomic mass is 9.78. The van der Waals surface area contributed by atoms with Gasteiger partial charge >= 0.3 is 0 Å². The first-order valence-electron chi connectivity index (χ1n) is 9.99. The molecule has 0 radical (unpaired) electrons. The van der Waals surface area contributed by atoms with Crippen LogP contribution in [-0.4, -0.2) is 52.5 Å².